The average molecular weight is 1110 g/mol. The molecule has 22 heteroatoms. The van der Waals surface area contributed by atoms with E-state index < -0.39 is 52.8 Å². The number of nitrogens with zero attached hydrogens (tertiary/aromatic N) is 6. The number of hydrogen-bond donors (Lipinski definition) is 2. The number of aryl methyl sites for hydroxylation is 1. The summed E-state index contributed by atoms with van der Waals surface area (Å²) >= 11 is 7.13. The summed E-state index contributed by atoms with van der Waals surface area (Å²) in [6.45, 7) is 11.4. The molecular formula is C56H60F3N7O10S2. The molecule has 0 aliphatic carbocycles. The molecule has 1 aromatic heterocycles. The lowest BCUT2D eigenvalue weighted by Crippen LogP contribution is -2.55. The summed E-state index contributed by atoms with van der Waals surface area (Å²) < 4.78 is 70.4. The smallest absolute Gasteiger partial charge is 0.417 e. The first kappa shape index (κ1) is 57.2. The Labute approximate surface area is 459 Å². The molecule has 3 aliphatic rings. The van der Waals surface area contributed by atoms with Gasteiger partial charge in [-0.1, -0.05) is 44.2 Å². The summed E-state index contributed by atoms with van der Waals surface area (Å²) in [7, 11) is 0. The van der Waals surface area contributed by atoms with Crippen molar-refractivity contribution in [3.8, 4) is 28.0 Å². The van der Waals surface area contributed by atoms with Crippen molar-refractivity contribution in [3.63, 3.8) is 0 Å². The van der Waals surface area contributed by atoms with Crippen molar-refractivity contribution < 1.29 is 61.1 Å². The number of thiocarbonyl (C=S) groups is 1. The molecule has 0 bridgehead atoms. The van der Waals surface area contributed by atoms with Crippen LogP contribution in [-0.2, 0) is 47.9 Å². The molecule has 2 N–H and O–H groups in total. The van der Waals surface area contributed by atoms with Gasteiger partial charge >= 0.3 is 6.18 Å². The van der Waals surface area contributed by atoms with Gasteiger partial charge in [0.25, 0.3) is 11.8 Å². The lowest BCUT2D eigenvalue weighted by Gasteiger charge is -2.35. The largest absolute Gasteiger partial charge is 0.491 e. The molecule has 0 saturated carbocycles. The van der Waals surface area contributed by atoms with Gasteiger partial charge in [-0.15, -0.1) is 11.3 Å². The van der Waals surface area contributed by atoms with Crippen molar-refractivity contribution in [3.05, 3.63) is 124 Å². The van der Waals surface area contributed by atoms with E-state index in [9.17, 15) is 42.7 Å². The predicted molar refractivity (Wildman–Crippen MR) is 288 cm³/mol. The number of benzene rings is 4. The van der Waals surface area contributed by atoms with Gasteiger partial charge in [0.2, 0.25) is 11.8 Å². The van der Waals surface area contributed by atoms with Gasteiger partial charge in [-0.05, 0) is 105 Å². The summed E-state index contributed by atoms with van der Waals surface area (Å²) in [6, 6.07) is 22.6. The van der Waals surface area contributed by atoms with Crippen molar-refractivity contribution in [2.75, 3.05) is 69.2 Å². The first-order chi connectivity index (χ1) is 37.3. The Balaban J connectivity index is 0.749. The van der Waals surface area contributed by atoms with Gasteiger partial charge in [0.15, 0.2) is 5.11 Å². The van der Waals surface area contributed by atoms with Crippen LogP contribution in [0.25, 0.3) is 10.4 Å². The molecule has 3 atom stereocenters. The number of hydrogen-bond acceptors (Lipinski definition) is 14. The van der Waals surface area contributed by atoms with Crippen LogP contribution < -0.4 is 24.6 Å². The zero-order valence-corrected chi connectivity index (χ0v) is 45.3. The molecule has 4 amide bonds. The number of anilines is 2. The first-order valence-corrected chi connectivity index (χ1v) is 26.7. The van der Waals surface area contributed by atoms with Crippen molar-refractivity contribution in [2.24, 2.45) is 5.92 Å². The summed E-state index contributed by atoms with van der Waals surface area (Å²) in [5.74, 6) is -0.776. The minimum absolute atomic E-state index is 0.0155. The minimum atomic E-state index is -4.81. The number of carbonyl (C=O) groups is 4. The van der Waals surface area contributed by atoms with Gasteiger partial charge in [-0.2, -0.15) is 18.4 Å². The number of nitriles is 1. The molecule has 0 unspecified atom stereocenters. The zero-order chi connectivity index (χ0) is 55.9. The molecule has 0 radical (unpaired) electrons. The van der Waals surface area contributed by atoms with E-state index in [-0.39, 0.29) is 81.0 Å². The van der Waals surface area contributed by atoms with Crippen LogP contribution in [0.2, 0.25) is 0 Å². The number of carbonyl (C=O) groups excluding carboxylic acids is 4. The number of likely N-dealkylation sites (tertiary alicyclic amines) is 1. The van der Waals surface area contributed by atoms with E-state index in [0.717, 1.165) is 38.7 Å². The minimum Gasteiger partial charge on any atom is -0.491 e. The Morgan fingerprint density at radius 2 is 1.56 bits per heavy atom. The molecule has 0 spiro atoms. The lowest BCUT2D eigenvalue weighted by molar-refractivity contribution is -0.143. The summed E-state index contributed by atoms with van der Waals surface area (Å²) in [5.41, 5.74) is 3.10. The Morgan fingerprint density at radius 3 is 2.19 bits per heavy atom. The number of aromatic nitrogens is 1. The molecule has 4 heterocycles. The van der Waals surface area contributed by atoms with Gasteiger partial charge < -0.3 is 48.8 Å². The third kappa shape index (κ3) is 12.6. The third-order valence-electron chi connectivity index (χ3n) is 13.6. The van der Waals surface area contributed by atoms with Crippen LogP contribution in [0.3, 0.4) is 0 Å². The standard InChI is InChI=1S/C56H60F3N7O10S2/c1-34(2)48(64-31-39-8-6-7-9-44(39)51(64)69)52(70)63-32-42(67)28-46(63)50(68)61-30-38-11-10-36(49-35(3)62-33-78-49)26-47(38)76-25-23-74-21-19-72-18-20-73-22-24-75-43-16-14-40(15-17-43)66-54(77)65(53(71)55(66,4)5)41-13-12-37(29-60)45(27-41)56(57,58)59/h6-17,26-27,33-34,42,46,48,67H,18-25,28,30-32H2,1-5H3,(H,61,68)/t42-,46+,48+/m1/s1. The van der Waals surface area contributed by atoms with Gasteiger partial charge in [0.1, 0.15) is 42.3 Å². The van der Waals surface area contributed by atoms with Gasteiger partial charge in [0, 0.05) is 42.9 Å². The highest BCUT2D eigenvalue weighted by atomic mass is 32.1. The lowest BCUT2D eigenvalue weighted by atomic mass is 10.0. The number of amides is 4. The Kier molecular flexibility index (Phi) is 18.2. The molecule has 4 aromatic carbocycles. The molecule has 17 nitrogen and oxygen atoms in total. The maximum absolute atomic E-state index is 14.2. The van der Waals surface area contributed by atoms with Gasteiger partial charge in [-0.25, -0.2) is 4.98 Å². The quantitative estimate of drug-likeness (QED) is 0.0477. The number of β-amino-alcohol motifs (C(OH)–C–C–N with tert-alkyl or cyclic N) is 1. The Hall–Kier alpha value is -7.00. The fourth-order valence-corrected chi connectivity index (χ4v) is 11.1. The Bertz CT molecular complexity index is 3060. The zero-order valence-electron chi connectivity index (χ0n) is 43.7. The molecule has 2 saturated heterocycles. The van der Waals surface area contributed by atoms with Crippen LogP contribution in [-0.4, -0.2) is 132 Å². The van der Waals surface area contributed by atoms with Crippen LogP contribution in [0.15, 0.2) is 90.4 Å². The van der Waals surface area contributed by atoms with Crippen LogP contribution in [0.5, 0.6) is 11.5 Å². The summed E-state index contributed by atoms with van der Waals surface area (Å²) in [6.07, 6.45) is -5.66. The maximum Gasteiger partial charge on any atom is 0.417 e. The second kappa shape index (κ2) is 24.8. The fraction of sp³-hybridized carbons (Fsp3) is 0.411. The summed E-state index contributed by atoms with van der Waals surface area (Å²) in [4.78, 5) is 66.1. The van der Waals surface area contributed by atoms with Crippen LogP contribution in [0, 0.1) is 24.2 Å². The monoisotopic (exact) mass is 1110 g/mol. The highest BCUT2D eigenvalue weighted by molar-refractivity contribution is 7.81. The molecule has 78 heavy (non-hydrogen) atoms. The van der Waals surface area contributed by atoms with Crippen molar-refractivity contribution in [1.82, 2.24) is 20.1 Å². The number of thiazole rings is 1. The van der Waals surface area contributed by atoms with Crippen LogP contribution in [0.4, 0.5) is 24.5 Å². The molecular weight excluding hydrogens is 1050 g/mol. The number of alkyl halides is 3. The number of fused-ring (bicyclic) bond motifs is 1. The number of aliphatic hydroxyl groups is 1. The number of aliphatic hydroxyl groups excluding tert-OH is 1. The van der Waals surface area contributed by atoms with E-state index in [1.54, 1.807) is 71.6 Å². The first-order valence-electron chi connectivity index (χ1n) is 25.4. The van der Waals surface area contributed by atoms with E-state index >= 15 is 0 Å². The number of ether oxygens (including phenoxy) is 5. The van der Waals surface area contributed by atoms with E-state index in [2.05, 4.69) is 10.3 Å². The highest BCUT2D eigenvalue weighted by Gasteiger charge is 2.51. The molecule has 412 valence electrons. The fourth-order valence-electron chi connectivity index (χ4n) is 9.73. The van der Waals surface area contributed by atoms with Gasteiger partial charge in [-0.3, -0.25) is 24.1 Å². The van der Waals surface area contributed by atoms with E-state index in [1.807, 2.05) is 51.1 Å². The topological polar surface area (TPSA) is 196 Å². The number of rotatable bonds is 23. The van der Waals surface area contributed by atoms with Crippen LogP contribution >= 0.6 is 23.6 Å². The number of halogens is 3. The van der Waals surface area contributed by atoms with Crippen molar-refractivity contribution in [2.45, 2.75) is 84.0 Å². The molecule has 5 aromatic rings. The SMILES string of the molecule is Cc1ncsc1-c1ccc(CNC(=O)[C@@H]2C[C@@H](O)CN2C(=O)[C@H](C(C)C)N2Cc3ccccc3C2=O)c(OCCOCCOCCOCCOc2ccc(N3C(=S)N(c4ccc(C#N)c(C(F)(F)F)c4)C(=O)C3(C)C)cc2)c1. The second-order valence-electron chi connectivity index (χ2n) is 19.7. The van der Waals surface area contributed by atoms with E-state index in [1.165, 1.54) is 22.3 Å². The van der Waals surface area contributed by atoms with Crippen molar-refractivity contribution in [1.29, 1.82) is 5.26 Å². The normalized spacial score (nSPS) is 17.5. The molecule has 8 rings (SSSR count). The summed E-state index contributed by atoms with van der Waals surface area (Å²) in [5, 5.41) is 22.9. The Morgan fingerprint density at radius 1 is 0.910 bits per heavy atom. The second-order valence-corrected chi connectivity index (χ2v) is 20.9. The van der Waals surface area contributed by atoms with E-state index in [0.29, 0.717) is 54.7 Å². The van der Waals surface area contributed by atoms with E-state index in [4.69, 9.17) is 35.9 Å². The molecule has 2 fully saturated rings. The third-order valence-corrected chi connectivity index (χ3v) is 15.0. The van der Waals surface area contributed by atoms with Crippen molar-refractivity contribution >= 4 is 63.7 Å². The molecule has 3 aliphatic heterocycles. The average Bonchev–Trinajstić information content (AvgIpc) is 4.21. The predicted octanol–water partition coefficient (Wildman–Crippen LogP) is 7.69. The van der Waals surface area contributed by atoms with Crippen LogP contribution in [0.1, 0.15) is 72.4 Å². The highest BCUT2D eigenvalue weighted by Crippen LogP contribution is 2.40. The number of nitrogens with one attached hydrogen (secondary N) is 1. The maximum atomic E-state index is 14.2. The van der Waals surface area contributed by atoms with Gasteiger partial charge in [0.05, 0.1) is 84.7 Å².